The Kier molecular flexibility index (Phi) is 6.08. The summed E-state index contributed by atoms with van der Waals surface area (Å²) in [6.07, 6.45) is 0. The summed E-state index contributed by atoms with van der Waals surface area (Å²) in [4.78, 5) is 35.9. The van der Waals surface area contributed by atoms with Crippen molar-refractivity contribution in [3.63, 3.8) is 0 Å². The van der Waals surface area contributed by atoms with Crippen LogP contribution in [0.15, 0.2) is 82.1 Å². The van der Waals surface area contributed by atoms with Gasteiger partial charge in [0.15, 0.2) is 10.3 Å². The Hall–Kier alpha value is -3.27. The number of thiophene rings is 1. The average Bonchev–Trinajstić information content (AvgIpc) is 3.45. The van der Waals surface area contributed by atoms with Crippen LogP contribution >= 0.6 is 34.4 Å². The van der Waals surface area contributed by atoms with Crippen molar-refractivity contribution in [1.29, 1.82) is 0 Å². The molecule has 0 bridgehead atoms. The molecule has 0 fully saturated rings. The van der Waals surface area contributed by atoms with E-state index < -0.39 is 0 Å². The Labute approximate surface area is 202 Å². The molecular weight excluding hydrogens is 472 g/mol. The fraction of sp³-hybridized carbons (Fsp3) is 0.0833. The summed E-state index contributed by atoms with van der Waals surface area (Å²) < 4.78 is 1.66. The molecule has 1 N–H and O–H groups in total. The molecule has 5 rings (SSSR count). The average molecular weight is 491 g/mol. The predicted octanol–water partition coefficient (Wildman–Crippen LogP) is 5.82. The second kappa shape index (κ2) is 9.30. The number of carbonyl (C=O) groups excluding carboxylic acids is 1. The molecule has 9 heteroatoms. The molecule has 0 saturated heterocycles. The van der Waals surface area contributed by atoms with Gasteiger partial charge in [0.25, 0.3) is 5.56 Å². The van der Waals surface area contributed by atoms with Crippen molar-refractivity contribution < 1.29 is 4.79 Å². The number of para-hydroxylation sites is 1. The first kappa shape index (κ1) is 21.6. The lowest BCUT2D eigenvalue weighted by Crippen LogP contribution is -2.21. The topological polar surface area (TPSA) is 76.9 Å². The van der Waals surface area contributed by atoms with Crippen molar-refractivity contribution in [2.75, 3.05) is 5.32 Å². The van der Waals surface area contributed by atoms with E-state index in [0.29, 0.717) is 26.3 Å². The zero-order valence-corrected chi connectivity index (χ0v) is 20.0. The van der Waals surface area contributed by atoms with Gasteiger partial charge in [0, 0.05) is 22.9 Å². The van der Waals surface area contributed by atoms with Crippen LogP contribution in [0.25, 0.3) is 26.3 Å². The van der Waals surface area contributed by atoms with Crippen molar-refractivity contribution in [1.82, 2.24) is 14.5 Å². The van der Waals surface area contributed by atoms with Gasteiger partial charge in [-0.1, -0.05) is 60.3 Å². The van der Waals surface area contributed by atoms with Crippen LogP contribution in [0.3, 0.4) is 0 Å². The molecule has 5 aromatic rings. The normalized spacial score (nSPS) is 11.1. The van der Waals surface area contributed by atoms with Crippen molar-refractivity contribution >= 4 is 55.7 Å². The van der Waals surface area contributed by atoms with Crippen LogP contribution < -0.4 is 10.9 Å². The van der Waals surface area contributed by atoms with Crippen molar-refractivity contribution in [2.24, 2.45) is 0 Å². The highest BCUT2D eigenvalue weighted by molar-refractivity contribution is 7.98. The number of aromatic nitrogens is 3. The van der Waals surface area contributed by atoms with Crippen molar-refractivity contribution in [3.05, 3.63) is 88.2 Å². The third-order valence-electron chi connectivity index (χ3n) is 4.79. The first-order valence-electron chi connectivity index (χ1n) is 10.1. The van der Waals surface area contributed by atoms with Gasteiger partial charge in [0.2, 0.25) is 5.91 Å². The molecule has 0 radical (unpaired) electrons. The summed E-state index contributed by atoms with van der Waals surface area (Å²) in [6, 6.07) is 21.5. The first-order valence-corrected chi connectivity index (χ1v) is 12.8. The molecule has 6 nitrogen and oxygen atoms in total. The van der Waals surface area contributed by atoms with Crippen LogP contribution in [0, 0.1) is 0 Å². The highest BCUT2D eigenvalue weighted by Gasteiger charge is 2.17. The van der Waals surface area contributed by atoms with E-state index in [9.17, 15) is 9.59 Å². The lowest BCUT2D eigenvalue weighted by molar-refractivity contribution is -0.114. The van der Waals surface area contributed by atoms with E-state index in [0.717, 1.165) is 21.8 Å². The van der Waals surface area contributed by atoms with Gasteiger partial charge in [-0.15, -0.1) is 22.7 Å². The molecule has 164 valence electrons. The lowest BCUT2D eigenvalue weighted by atomic mass is 10.2. The molecule has 0 saturated carbocycles. The number of rotatable bonds is 6. The standard InChI is InChI=1S/C24H18N4O2S3/c1-15(29)25-23-26-17(13-31-23)14-32-24-27-21-19(12-20(33-21)16-8-4-2-5-9-16)22(30)28(24)18-10-6-3-7-11-18/h2-13H,14H2,1H3,(H,25,26,29). The summed E-state index contributed by atoms with van der Waals surface area (Å²) in [5.41, 5.74) is 2.56. The molecule has 0 spiro atoms. The molecule has 33 heavy (non-hydrogen) atoms. The zero-order valence-electron chi connectivity index (χ0n) is 17.5. The van der Waals surface area contributed by atoms with Gasteiger partial charge in [-0.2, -0.15) is 0 Å². The second-order valence-electron chi connectivity index (χ2n) is 7.18. The van der Waals surface area contributed by atoms with Gasteiger partial charge in [-0.3, -0.25) is 14.2 Å². The number of thioether (sulfide) groups is 1. The van der Waals surface area contributed by atoms with Gasteiger partial charge in [-0.25, -0.2) is 9.97 Å². The minimum atomic E-state index is -0.152. The van der Waals surface area contributed by atoms with Gasteiger partial charge in [-0.05, 0) is 23.8 Å². The molecule has 0 aliphatic carbocycles. The van der Waals surface area contributed by atoms with Gasteiger partial charge in [0.1, 0.15) is 4.83 Å². The zero-order chi connectivity index (χ0) is 22.8. The fourth-order valence-corrected chi connectivity index (χ4v) is 6.17. The lowest BCUT2D eigenvalue weighted by Gasteiger charge is -2.11. The monoisotopic (exact) mass is 490 g/mol. The number of hydrogen-bond donors (Lipinski definition) is 1. The first-order chi connectivity index (χ1) is 16.1. The van der Waals surface area contributed by atoms with Crippen LogP contribution in [-0.4, -0.2) is 20.4 Å². The largest absolute Gasteiger partial charge is 0.302 e. The summed E-state index contributed by atoms with van der Waals surface area (Å²) >= 11 is 4.34. The van der Waals surface area contributed by atoms with E-state index in [2.05, 4.69) is 10.3 Å². The summed E-state index contributed by atoms with van der Waals surface area (Å²) in [5.74, 6) is 0.373. The van der Waals surface area contributed by atoms with E-state index in [1.54, 1.807) is 4.57 Å². The Morgan fingerprint density at radius 2 is 1.79 bits per heavy atom. The number of fused-ring (bicyclic) bond motifs is 1. The molecule has 0 atom stereocenters. The number of amides is 1. The maximum atomic E-state index is 13.6. The summed E-state index contributed by atoms with van der Waals surface area (Å²) in [5, 5.41) is 6.38. The third-order valence-corrected chi connectivity index (χ3v) is 7.65. The van der Waals surface area contributed by atoms with E-state index in [1.165, 1.54) is 41.4 Å². The Morgan fingerprint density at radius 3 is 2.52 bits per heavy atom. The molecule has 0 aliphatic rings. The van der Waals surface area contributed by atoms with E-state index >= 15 is 0 Å². The van der Waals surface area contributed by atoms with Crippen LogP contribution in [0.1, 0.15) is 12.6 Å². The Morgan fingerprint density at radius 1 is 1.06 bits per heavy atom. The number of nitrogens with zero attached hydrogens (tertiary/aromatic N) is 3. The van der Waals surface area contributed by atoms with E-state index in [4.69, 9.17) is 4.98 Å². The minimum absolute atomic E-state index is 0.0932. The SMILES string of the molecule is CC(=O)Nc1nc(CSc2nc3sc(-c4ccccc4)cc3c(=O)n2-c2ccccc2)cs1. The van der Waals surface area contributed by atoms with Crippen LogP contribution in [0.2, 0.25) is 0 Å². The second-order valence-corrected chi connectivity index (χ2v) is 10.0. The predicted molar refractivity (Wildman–Crippen MR) is 137 cm³/mol. The quantitative estimate of drug-likeness (QED) is 0.240. The van der Waals surface area contributed by atoms with Gasteiger partial charge < -0.3 is 5.32 Å². The van der Waals surface area contributed by atoms with Gasteiger partial charge >= 0.3 is 0 Å². The third kappa shape index (κ3) is 4.61. The van der Waals surface area contributed by atoms with Crippen molar-refractivity contribution in [3.8, 4) is 16.1 Å². The number of hydrogen-bond acceptors (Lipinski definition) is 7. The number of nitrogens with one attached hydrogen (secondary N) is 1. The molecule has 3 heterocycles. The van der Waals surface area contributed by atoms with Crippen LogP contribution in [-0.2, 0) is 10.5 Å². The maximum absolute atomic E-state index is 13.6. The highest BCUT2D eigenvalue weighted by atomic mass is 32.2. The van der Waals surface area contributed by atoms with Gasteiger partial charge in [0.05, 0.1) is 16.8 Å². The highest BCUT2D eigenvalue weighted by Crippen LogP contribution is 2.33. The molecular formula is C24H18N4O2S3. The number of carbonyl (C=O) groups is 1. The number of benzene rings is 2. The number of thiazole rings is 1. The summed E-state index contributed by atoms with van der Waals surface area (Å²) in [7, 11) is 0. The Bertz CT molecular complexity index is 1490. The molecule has 1 amide bonds. The van der Waals surface area contributed by atoms with Crippen LogP contribution in [0.4, 0.5) is 5.13 Å². The van der Waals surface area contributed by atoms with Crippen LogP contribution in [0.5, 0.6) is 0 Å². The molecule has 3 aromatic heterocycles. The molecule has 0 unspecified atom stereocenters. The fourth-order valence-electron chi connectivity index (χ4n) is 3.33. The van der Waals surface area contributed by atoms with E-state index in [-0.39, 0.29) is 11.5 Å². The maximum Gasteiger partial charge on any atom is 0.267 e. The molecule has 0 aliphatic heterocycles. The van der Waals surface area contributed by atoms with E-state index in [1.807, 2.05) is 72.1 Å². The number of anilines is 1. The smallest absolute Gasteiger partial charge is 0.267 e. The molecule has 2 aromatic carbocycles. The Balaban J connectivity index is 1.56. The summed E-state index contributed by atoms with van der Waals surface area (Å²) in [6.45, 7) is 1.46. The van der Waals surface area contributed by atoms with Crippen molar-refractivity contribution in [2.45, 2.75) is 17.8 Å². The minimum Gasteiger partial charge on any atom is -0.302 e.